The lowest BCUT2D eigenvalue weighted by Crippen LogP contribution is -2.24. The van der Waals surface area contributed by atoms with Crippen LogP contribution in [0.25, 0.3) is 0 Å². The van der Waals surface area contributed by atoms with Crippen LogP contribution in [0.2, 0.25) is 0 Å². The Morgan fingerprint density at radius 1 is 1.50 bits per heavy atom. The van der Waals surface area contributed by atoms with Crippen LogP contribution in [0.1, 0.15) is 18.4 Å². The Morgan fingerprint density at radius 2 is 2.21 bits per heavy atom. The third-order valence-electron chi connectivity index (χ3n) is 2.31. The summed E-state index contributed by atoms with van der Waals surface area (Å²) in [6.07, 6.45) is 3.58. The van der Waals surface area contributed by atoms with Gasteiger partial charge in [-0.3, -0.25) is 9.78 Å². The number of hydrogen-bond donors (Lipinski definition) is 1. The minimum Gasteiger partial charge on any atom is -0.342 e. The van der Waals surface area contributed by atoms with Crippen molar-refractivity contribution >= 4 is 5.95 Å². The number of nitriles is 1. The average molecular weight is 190 g/mol. The molecule has 1 aliphatic heterocycles. The van der Waals surface area contributed by atoms with Crippen LogP contribution in [-0.4, -0.2) is 23.1 Å². The number of rotatable bonds is 1. The van der Waals surface area contributed by atoms with Gasteiger partial charge in [0.15, 0.2) is 0 Å². The number of nitrogens with zero attached hydrogens (tertiary/aromatic N) is 3. The molecule has 1 aliphatic rings. The van der Waals surface area contributed by atoms with Gasteiger partial charge < -0.3 is 4.90 Å². The van der Waals surface area contributed by atoms with Crippen LogP contribution < -0.4 is 10.5 Å². The molecule has 5 nitrogen and oxygen atoms in total. The second kappa shape index (κ2) is 3.50. The van der Waals surface area contributed by atoms with Gasteiger partial charge in [0.05, 0.1) is 6.20 Å². The Kier molecular flexibility index (Phi) is 2.19. The summed E-state index contributed by atoms with van der Waals surface area (Å²) in [4.78, 5) is 19.9. The van der Waals surface area contributed by atoms with Crippen molar-refractivity contribution in [3.8, 4) is 6.07 Å². The first kappa shape index (κ1) is 8.75. The summed E-state index contributed by atoms with van der Waals surface area (Å²) in [5, 5.41) is 8.55. The number of anilines is 1. The van der Waals surface area contributed by atoms with Gasteiger partial charge in [0, 0.05) is 13.1 Å². The van der Waals surface area contributed by atoms with E-state index in [1.54, 1.807) is 6.07 Å². The zero-order valence-electron chi connectivity index (χ0n) is 7.66. The SMILES string of the molecule is N#Cc1cnc(N2CCCC2)[nH]c1=O. The maximum absolute atomic E-state index is 11.3. The number of H-pyrrole nitrogens is 1. The fourth-order valence-corrected chi connectivity index (χ4v) is 1.55. The van der Waals surface area contributed by atoms with Gasteiger partial charge in [-0.1, -0.05) is 0 Å². The van der Waals surface area contributed by atoms with Crippen LogP contribution in [0.5, 0.6) is 0 Å². The molecule has 0 radical (unpaired) electrons. The van der Waals surface area contributed by atoms with Gasteiger partial charge in [-0.05, 0) is 12.8 Å². The van der Waals surface area contributed by atoms with E-state index < -0.39 is 0 Å². The molecule has 72 valence electrons. The summed E-state index contributed by atoms with van der Waals surface area (Å²) in [5.74, 6) is 0.575. The van der Waals surface area contributed by atoms with Gasteiger partial charge in [-0.25, -0.2) is 4.98 Å². The van der Waals surface area contributed by atoms with E-state index in [0.717, 1.165) is 25.9 Å². The minimum atomic E-state index is -0.357. The maximum Gasteiger partial charge on any atom is 0.270 e. The first-order chi connectivity index (χ1) is 6.81. The van der Waals surface area contributed by atoms with Crippen molar-refractivity contribution in [1.29, 1.82) is 5.26 Å². The number of nitrogens with one attached hydrogen (secondary N) is 1. The molecule has 0 unspecified atom stereocenters. The summed E-state index contributed by atoms with van der Waals surface area (Å²) < 4.78 is 0. The first-order valence-electron chi connectivity index (χ1n) is 4.55. The third-order valence-corrected chi connectivity index (χ3v) is 2.31. The minimum absolute atomic E-state index is 0.0629. The molecule has 0 spiro atoms. The Morgan fingerprint density at radius 3 is 2.79 bits per heavy atom. The quantitative estimate of drug-likeness (QED) is 0.688. The van der Waals surface area contributed by atoms with Gasteiger partial charge in [0.2, 0.25) is 5.95 Å². The van der Waals surface area contributed by atoms with Gasteiger partial charge in [-0.2, -0.15) is 5.26 Å². The van der Waals surface area contributed by atoms with Crippen LogP contribution >= 0.6 is 0 Å². The van der Waals surface area contributed by atoms with Crippen molar-refractivity contribution in [2.45, 2.75) is 12.8 Å². The third kappa shape index (κ3) is 1.46. The molecule has 1 N–H and O–H groups in total. The molecular weight excluding hydrogens is 180 g/mol. The largest absolute Gasteiger partial charge is 0.342 e. The van der Waals surface area contributed by atoms with E-state index >= 15 is 0 Å². The highest BCUT2D eigenvalue weighted by atomic mass is 16.1. The highest BCUT2D eigenvalue weighted by Crippen LogP contribution is 2.13. The van der Waals surface area contributed by atoms with Crippen molar-refractivity contribution in [2.75, 3.05) is 18.0 Å². The topological polar surface area (TPSA) is 72.8 Å². The molecule has 1 fully saturated rings. The van der Waals surface area contributed by atoms with Crippen molar-refractivity contribution < 1.29 is 0 Å². The molecule has 0 saturated carbocycles. The van der Waals surface area contributed by atoms with E-state index in [-0.39, 0.29) is 11.1 Å². The zero-order chi connectivity index (χ0) is 9.97. The lowest BCUT2D eigenvalue weighted by Gasteiger charge is -2.14. The Balaban J connectivity index is 2.33. The number of aromatic amines is 1. The Hall–Kier alpha value is -1.83. The lowest BCUT2D eigenvalue weighted by atomic mass is 10.4. The normalized spacial score (nSPS) is 15.5. The predicted octanol–water partition coefficient (Wildman–Crippen LogP) is 0.242. The fourth-order valence-electron chi connectivity index (χ4n) is 1.55. The molecule has 1 aromatic heterocycles. The van der Waals surface area contributed by atoms with Gasteiger partial charge >= 0.3 is 0 Å². The van der Waals surface area contributed by atoms with Crippen molar-refractivity contribution in [3.63, 3.8) is 0 Å². The van der Waals surface area contributed by atoms with E-state index in [0.29, 0.717) is 5.95 Å². The lowest BCUT2D eigenvalue weighted by molar-refractivity contribution is 0.887. The summed E-state index contributed by atoms with van der Waals surface area (Å²) >= 11 is 0. The smallest absolute Gasteiger partial charge is 0.270 e. The highest BCUT2D eigenvalue weighted by Gasteiger charge is 2.14. The second-order valence-electron chi connectivity index (χ2n) is 3.26. The standard InChI is InChI=1S/C9H10N4O/c10-5-7-6-11-9(12-8(7)14)13-3-1-2-4-13/h6H,1-4H2,(H,11,12,14). The molecule has 5 heteroatoms. The molecule has 2 rings (SSSR count). The Bertz CT molecular complexity index is 425. The van der Waals surface area contributed by atoms with Crippen LogP contribution in [0.3, 0.4) is 0 Å². The van der Waals surface area contributed by atoms with Crippen molar-refractivity contribution in [2.24, 2.45) is 0 Å². The van der Waals surface area contributed by atoms with E-state index in [1.165, 1.54) is 6.20 Å². The summed E-state index contributed by atoms with van der Waals surface area (Å²) in [7, 11) is 0. The maximum atomic E-state index is 11.3. The van der Waals surface area contributed by atoms with Gasteiger partial charge in [0.1, 0.15) is 11.6 Å². The molecule has 0 amide bonds. The van der Waals surface area contributed by atoms with Crippen LogP contribution in [0.4, 0.5) is 5.95 Å². The fraction of sp³-hybridized carbons (Fsp3) is 0.444. The molecule has 0 bridgehead atoms. The molecule has 0 aliphatic carbocycles. The van der Waals surface area contributed by atoms with E-state index in [2.05, 4.69) is 9.97 Å². The van der Waals surface area contributed by atoms with Gasteiger partial charge in [-0.15, -0.1) is 0 Å². The molecule has 1 saturated heterocycles. The first-order valence-corrected chi connectivity index (χ1v) is 4.55. The predicted molar refractivity (Wildman–Crippen MR) is 51.0 cm³/mol. The summed E-state index contributed by atoms with van der Waals surface area (Å²) in [6, 6.07) is 1.79. The van der Waals surface area contributed by atoms with Crippen molar-refractivity contribution in [3.05, 3.63) is 22.1 Å². The second-order valence-corrected chi connectivity index (χ2v) is 3.26. The summed E-state index contributed by atoms with van der Waals surface area (Å²) in [5.41, 5.74) is -0.294. The molecular formula is C9H10N4O. The van der Waals surface area contributed by atoms with Crippen LogP contribution in [0, 0.1) is 11.3 Å². The number of hydrogen-bond acceptors (Lipinski definition) is 4. The van der Waals surface area contributed by atoms with E-state index in [4.69, 9.17) is 5.26 Å². The molecule has 14 heavy (non-hydrogen) atoms. The number of aromatic nitrogens is 2. The molecule has 2 heterocycles. The van der Waals surface area contributed by atoms with E-state index in [9.17, 15) is 4.79 Å². The molecule has 1 aromatic rings. The summed E-state index contributed by atoms with van der Waals surface area (Å²) in [6.45, 7) is 1.85. The van der Waals surface area contributed by atoms with Crippen LogP contribution in [-0.2, 0) is 0 Å². The van der Waals surface area contributed by atoms with E-state index in [1.807, 2.05) is 4.90 Å². The highest BCUT2D eigenvalue weighted by molar-refractivity contribution is 5.33. The molecule has 0 atom stereocenters. The van der Waals surface area contributed by atoms with Gasteiger partial charge in [0.25, 0.3) is 5.56 Å². The monoisotopic (exact) mass is 190 g/mol. The molecule has 0 aromatic carbocycles. The average Bonchev–Trinajstić information content (AvgIpc) is 2.70. The Labute approximate surface area is 81.0 Å². The van der Waals surface area contributed by atoms with Crippen LogP contribution in [0.15, 0.2) is 11.0 Å². The van der Waals surface area contributed by atoms with Crippen molar-refractivity contribution in [1.82, 2.24) is 9.97 Å². The zero-order valence-corrected chi connectivity index (χ0v) is 7.66.